The van der Waals surface area contributed by atoms with Crippen molar-refractivity contribution in [1.29, 1.82) is 0 Å². The molecule has 2 amide bonds. The molecule has 0 spiro atoms. The largest absolute Gasteiger partial charge is 0.508 e. The number of esters is 1. The van der Waals surface area contributed by atoms with E-state index in [9.17, 15) is 44.4 Å². The number of rotatable bonds is 6. The van der Waals surface area contributed by atoms with Crippen LogP contribution >= 0.6 is 0 Å². The van der Waals surface area contributed by atoms with Crippen molar-refractivity contribution in [2.45, 2.75) is 32.3 Å². The lowest BCUT2D eigenvalue weighted by Gasteiger charge is -2.50. The molecule has 1 heterocycles. The summed E-state index contributed by atoms with van der Waals surface area (Å²) in [6.45, 7) is 3.35. The van der Waals surface area contributed by atoms with E-state index in [1.807, 2.05) is 0 Å². The van der Waals surface area contributed by atoms with Crippen molar-refractivity contribution in [3.05, 3.63) is 82.0 Å². The van der Waals surface area contributed by atoms with E-state index in [4.69, 9.17) is 15.0 Å². The second-order valence-corrected chi connectivity index (χ2v) is 12.4. The quantitative estimate of drug-likeness (QED) is 0.166. The van der Waals surface area contributed by atoms with Gasteiger partial charge in [0.05, 0.1) is 24.4 Å². The first-order valence-corrected chi connectivity index (χ1v) is 15.0. The summed E-state index contributed by atoms with van der Waals surface area (Å²) in [7, 11) is 1.19. The van der Waals surface area contributed by atoms with Crippen LogP contribution in [0.5, 0.6) is 5.75 Å². The molecule has 2 aromatic carbocycles. The molecule has 4 atom stereocenters. The van der Waals surface area contributed by atoms with Gasteiger partial charge in [-0.1, -0.05) is 25.1 Å². The number of amides is 2. The molecule has 0 radical (unpaired) electrons. The number of hydrogen-bond donors (Lipinski definition) is 6. The molecule has 3 aromatic rings. The summed E-state index contributed by atoms with van der Waals surface area (Å²) >= 11 is 0. The number of phenols is 1. The summed E-state index contributed by atoms with van der Waals surface area (Å²) in [4.78, 5) is 65.2. The smallest absolute Gasteiger partial charge is 0.337 e. The monoisotopic (exact) mass is 657 g/mol. The van der Waals surface area contributed by atoms with Crippen molar-refractivity contribution < 1.29 is 53.7 Å². The molecule has 1 saturated carbocycles. The second kappa shape index (κ2) is 11.5. The van der Waals surface area contributed by atoms with Crippen LogP contribution in [0, 0.1) is 23.7 Å². The van der Waals surface area contributed by atoms with Gasteiger partial charge in [0.25, 0.3) is 11.8 Å². The number of benzene rings is 2. The number of nitrogens with one attached hydrogen (secondary N) is 1. The van der Waals surface area contributed by atoms with Crippen molar-refractivity contribution >= 4 is 40.8 Å². The molecule has 1 fully saturated rings. The highest BCUT2D eigenvalue weighted by molar-refractivity contribution is 6.23. The highest BCUT2D eigenvalue weighted by atomic mass is 16.5. The van der Waals surface area contributed by atoms with Crippen molar-refractivity contribution in [1.82, 2.24) is 5.16 Å². The van der Waals surface area contributed by atoms with Crippen LogP contribution in [0.25, 0.3) is 16.9 Å². The predicted molar refractivity (Wildman–Crippen MR) is 166 cm³/mol. The predicted octanol–water partition coefficient (Wildman–Crippen LogP) is 3.00. The van der Waals surface area contributed by atoms with Gasteiger partial charge in [-0.25, -0.2) is 4.79 Å². The van der Waals surface area contributed by atoms with Crippen molar-refractivity contribution in [3.8, 4) is 16.9 Å². The molecule has 3 aliphatic rings. The number of nitrogens with two attached hydrogens (primary N) is 1. The lowest BCUT2D eigenvalue weighted by atomic mass is 9.54. The normalized spacial score (nSPS) is 23.4. The van der Waals surface area contributed by atoms with Gasteiger partial charge in [0.15, 0.2) is 11.4 Å². The van der Waals surface area contributed by atoms with E-state index in [2.05, 4.69) is 10.5 Å². The van der Waals surface area contributed by atoms with E-state index in [0.29, 0.717) is 16.7 Å². The first kappa shape index (κ1) is 32.2. The number of hydrogen-bond acceptors (Lipinski definition) is 12. The topological polar surface area (TPSA) is 240 Å². The van der Waals surface area contributed by atoms with Crippen LogP contribution in [0.1, 0.15) is 52.3 Å². The number of phenolic OH excluding ortho intramolecular Hbond substituents is 1. The van der Waals surface area contributed by atoms with Gasteiger partial charge in [-0.05, 0) is 65.6 Å². The summed E-state index contributed by atoms with van der Waals surface area (Å²) in [5, 5.41) is 51.6. The number of ether oxygens (including phenoxy) is 1. The minimum Gasteiger partial charge on any atom is -0.508 e. The molecular weight excluding hydrogens is 626 g/mol. The zero-order valence-corrected chi connectivity index (χ0v) is 25.9. The summed E-state index contributed by atoms with van der Waals surface area (Å²) in [6, 6.07) is 8.59. The maximum atomic E-state index is 14.1. The number of carbonyl (C=O) groups excluding carboxylic acids is 5. The Labute approximate surface area is 272 Å². The third-order valence-electron chi connectivity index (χ3n) is 9.44. The highest BCUT2D eigenvalue weighted by Crippen LogP contribution is 2.55. The molecule has 0 bridgehead atoms. The Balaban J connectivity index is 1.51. The third kappa shape index (κ3) is 4.75. The number of aromatic hydroxyl groups is 1. The summed E-state index contributed by atoms with van der Waals surface area (Å²) < 4.78 is 9.83. The second-order valence-electron chi connectivity index (χ2n) is 12.4. The van der Waals surface area contributed by atoms with Gasteiger partial charge in [-0.15, -0.1) is 0 Å². The number of ketones is 2. The number of nitrogens with zero attached hydrogens (tertiary/aromatic N) is 1. The van der Waals surface area contributed by atoms with E-state index in [0.717, 1.165) is 0 Å². The summed E-state index contributed by atoms with van der Waals surface area (Å²) in [5.74, 6) is -10.4. The van der Waals surface area contributed by atoms with Crippen molar-refractivity contribution in [3.63, 3.8) is 0 Å². The first-order chi connectivity index (χ1) is 22.7. The average molecular weight is 658 g/mol. The molecule has 1 aromatic heterocycles. The number of aliphatic hydroxyl groups is 3. The fourth-order valence-electron chi connectivity index (χ4n) is 7.37. The molecule has 6 rings (SSSR count). The third-order valence-corrected chi connectivity index (χ3v) is 9.44. The molecular formula is C34H31N3O11. The van der Waals surface area contributed by atoms with Crippen LogP contribution in [0.2, 0.25) is 0 Å². The van der Waals surface area contributed by atoms with Crippen LogP contribution in [0.4, 0.5) is 5.69 Å². The standard InChI is InChI=1S/C34H31N3O11/c1-13(2)23-20-12-15-11-19-18(14-8-16(33(45)47-3)10-17(9-14)37-32(44)22-6-7-36-48-22)4-5-21(38)25(19)28(40)24(15)29(41)34(20,46)30(42)26(27(23)39)31(35)43/h4-10,13,15,20,23,38,40,42,46H,11-12H2,1-3H3,(H2,35,43)(H,37,44)/t15-,20-,23-,34-/m0/s1. The molecule has 48 heavy (non-hydrogen) atoms. The molecule has 3 aliphatic carbocycles. The van der Waals surface area contributed by atoms with E-state index < -0.39 is 81.5 Å². The number of aromatic nitrogens is 1. The minimum atomic E-state index is -2.73. The SMILES string of the molecule is COC(=O)c1cc(NC(=O)c2ccno2)cc(-c2ccc(O)c3c2C[C@H]2C[C@H]4[C@H](C(C)C)C(=O)C(C(N)=O)=C(O)[C@@]4(O)C(=O)C2=C3O)c1. The number of fused-ring (bicyclic) bond motifs is 3. The highest BCUT2D eigenvalue weighted by Gasteiger charge is 2.64. The Morgan fingerprint density at radius 3 is 2.46 bits per heavy atom. The zero-order valence-electron chi connectivity index (χ0n) is 25.9. The lowest BCUT2D eigenvalue weighted by Crippen LogP contribution is -2.62. The summed E-state index contributed by atoms with van der Waals surface area (Å²) in [5.41, 5.74) is 2.78. The molecule has 14 heteroatoms. The van der Waals surface area contributed by atoms with Gasteiger partial charge in [0.1, 0.15) is 22.8 Å². The Morgan fingerprint density at radius 2 is 1.83 bits per heavy atom. The molecule has 248 valence electrons. The van der Waals surface area contributed by atoms with Crippen molar-refractivity contribution in [2.75, 3.05) is 12.4 Å². The fraction of sp³-hybridized carbons (Fsp3) is 0.294. The van der Waals surface area contributed by atoms with E-state index >= 15 is 0 Å². The summed E-state index contributed by atoms with van der Waals surface area (Å²) in [6.07, 6.45) is 1.24. The Kier molecular flexibility index (Phi) is 7.70. The minimum absolute atomic E-state index is 0.0190. The number of methoxy groups -OCH3 is 1. The van der Waals surface area contributed by atoms with Crippen LogP contribution in [0.3, 0.4) is 0 Å². The average Bonchev–Trinajstić information content (AvgIpc) is 3.57. The Bertz CT molecular complexity index is 1990. The molecule has 0 unspecified atom stereocenters. The fourth-order valence-corrected chi connectivity index (χ4v) is 7.37. The van der Waals surface area contributed by atoms with Crippen LogP contribution in [-0.2, 0) is 25.5 Å². The van der Waals surface area contributed by atoms with Gasteiger partial charge in [-0.3, -0.25) is 19.2 Å². The van der Waals surface area contributed by atoms with Gasteiger partial charge >= 0.3 is 5.97 Å². The van der Waals surface area contributed by atoms with Crippen LogP contribution < -0.4 is 11.1 Å². The van der Waals surface area contributed by atoms with E-state index in [-0.39, 0.29) is 41.0 Å². The van der Waals surface area contributed by atoms with Crippen molar-refractivity contribution in [2.24, 2.45) is 29.4 Å². The molecule has 0 saturated heterocycles. The number of anilines is 1. The molecule has 14 nitrogen and oxygen atoms in total. The van der Waals surface area contributed by atoms with Gasteiger partial charge < -0.3 is 40.7 Å². The lowest BCUT2D eigenvalue weighted by molar-refractivity contribution is -0.155. The zero-order chi connectivity index (χ0) is 34.8. The van der Waals surface area contributed by atoms with E-state index in [1.165, 1.54) is 37.6 Å². The van der Waals surface area contributed by atoms with Crippen LogP contribution in [-0.4, -0.2) is 67.6 Å². The number of primary amides is 1. The van der Waals surface area contributed by atoms with E-state index in [1.54, 1.807) is 26.0 Å². The first-order valence-electron chi connectivity index (χ1n) is 15.0. The van der Waals surface area contributed by atoms with Gasteiger partial charge in [0, 0.05) is 29.2 Å². The van der Waals surface area contributed by atoms with Gasteiger partial charge in [0.2, 0.25) is 11.5 Å². The van der Waals surface area contributed by atoms with Gasteiger partial charge in [-0.2, -0.15) is 0 Å². The van der Waals surface area contributed by atoms with Crippen LogP contribution in [0.15, 0.2) is 64.0 Å². The Hall–Kier alpha value is -5.76. The molecule has 7 N–H and O–H groups in total. The number of aliphatic hydroxyl groups excluding tert-OH is 2. The maximum Gasteiger partial charge on any atom is 0.337 e. The maximum absolute atomic E-state index is 14.1. The number of carbonyl (C=O) groups is 5. The Morgan fingerprint density at radius 1 is 1.10 bits per heavy atom. The number of Topliss-reactive ketones (excluding diaryl/α,β-unsaturated/α-hetero) is 2. The molecule has 0 aliphatic heterocycles.